The average molecular weight is 317 g/mol. The van der Waals surface area contributed by atoms with Gasteiger partial charge in [-0.15, -0.1) is 0 Å². The van der Waals surface area contributed by atoms with Gasteiger partial charge < -0.3 is 0 Å². The van der Waals surface area contributed by atoms with E-state index < -0.39 is 4.92 Å². The van der Waals surface area contributed by atoms with Crippen molar-refractivity contribution in [3.63, 3.8) is 0 Å². The molecule has 0 aromatic heterocycles. The van der Waals surface area contributed by atoms with Gasteiger partial charge >= 0.3 is 0 Å². The molecule has 6 heteroatoms. The van der Waals surface area contributed by atoms with Crippen LogP contribution in [0.2, 0.25) is 0 Å². The molecule has 4 rings (SSSR count). The molecule has 0 radical (unpaired) electrons. The van der Waals surface area contributed by atoms with E-state index in [1.54, 1.807) is 18.2 Å². The summed E-state index contributed by atoms with van der Waals surface area (Å²) in [7, 11) is 0. The Morgan fingerprint density at radius 2 is 1.67 bits per heavy atom. The van der Waals surface area contributed by atoms with Crippen molar-refractivity contribution in [1.29, 1.82) is 0 Å². The minimum absolute atomic E-state index is 0.0386. The van der Waals surface area contributed by atoms with Crippen LogP contribution in [0.4, 0.5) is 11.4 Å². The molecule has 0 amide bonds. The van der Waals surface area contributed by atoms with Crippen LogP contribution in [0.3, 0.4) is 0 Å². The Hall–Kier alpha value is -3.54. The number of nitro benzene ring substituents is 1. The number of rotatable bonds is 3. The summed E-state index contributed by atoms with van der Waals surface area (Å²) in [6, 6.07) is 17.2. The summed E-state index contributed by atoms with van der Waals surface area (Å²) in [6.07, 6.45) is 0. The standard InChI is InChI=1S/C18H11N3O3/c22-18-15-9-2-5-11-4-1-8-14(16(11)15)17(18)20-19-12-6-3-7-13(10-12)21(23)24/h1-10,19H/b20-17-. The molecular formula is C18H11N3O3. The molecule has 1 aliphatic carbocycles. The van der Waals surface area contributed by atoms with Crippen molar-refractivity contribution < 1.29 is 9.72 Å². The molecule has 0 bridgehead atoms. The number of carbonyl (C=O) groups excluding carboxylic acids is 1. The molecule has 1 aliphatic rings. The third-order valence-corrected chi connectivity index (χ3v) is 3.97. The van der Waals surface area contributed by atoms with Crippen LogP contribution >= 0.6 is 0 Å². The van der Waals surface area contributed by atoms with E-state index in [9.17, 15) is 14.9 Å². The first-order valence-electron chi connectivity index (χ1n) is 7.30. The Bertz CT molecular complexity index is 1040. The van der Waals surface area contributed by atoms with Gasteiger partial charge in [-0.3, -0.25) is 20.3 Å². The van der Waals surface area contributed by atoms with Gasteiger partial charge in [0.1, 0.15) is 5.71 Å². The summed E-state index contributed by atoms with van der Waals surface area (Å²) in [6.45, 7) is 0. The van der Waals surface area contributed by atoms with Crippen molar-refractivity contribution in [3.8, 4) is 0 Å². The van der Waals surface area contributed by atoms with Crippen LogP contribution < -0.4 is 5.43 Å². The molecule has 0 fully saturated rings. The quantitative estimate of drug-likeness (QED) is 0.589. The molecular weight excluding hydrogens is 306 g/mol. The normalized spacial score (nSPS) is 14.3. The number of non-ortho nitro benzene ring substituents is 1. The second-order valence-corrected chi connectivity index (χ2v) is 5.42. The SMILES string of the molecule is O=C1/C(=N\Nc2cccc([N+](=O)[O-])c2)c2cccc3cccc1c23. The molecule has 0 spiro atoms. The zero-order chi connectivity index (χ0) is 16.7. The van der Waals surface area contributed by atoms with Crippen LogP contribution in [0.1, 0.15) is 15.9 Å². The van der Waals surface area contributed by atoms with Crippen LogP contribution in [0.5, 0.6) is 0 Å². The summed E-state index contributed by atoms with van der Waals surface area (Å²) in [5.41, 5.74) is 4.88. The van der Waals surface area contributed by atoms with Gasteiger partial charge in [-0.2, -0.15) is 5.10 Å². The summed E-state index contributed by atoms with van der Waals surface area (Å²) >= 11 is 0. The maximum absolute atomic E-state index is 12.6. The predicted octanol–water partition coefficient (Wildman–Crippen LogP) is 3.76. The van der Waals surface area contributed by atoms with Crippen LogP contribution in [-0.2, 0) is 0 Å². The topological polar surface area (TPSA) is 84.6 Å². The highest BCUT2D eigenvalue weighted by molar-refractivity contribution is 6.59. The minimum atomic E-state index is -0.477. The lowest BCUT2D eigenvalue weighted by Crippen LogP contribution is -2.11. The number of benzene rings is 3. The lowest BCUT2D eigenvalue weighted by atomic mass is 10.1. The Morgan fingerprint density at radius 1 is 0.958 bits per heavy atom. The van der Waals surface area contributed by atoms with Gasteiger partial charge in [-0.05, 0) is 11.5 Å². The molecule has 116 valence electrons. The summed E-state index contributed by atoms with van der Waals surface area (Å²) in [4.78, 5) is 22.9. The maximum atomic E-state index is 12.6. The lowest BCUT2D eigenvalue weighted by molar-refractivity contribution is -0.384. The second kappa shape index (κ2) is 5.27. The Balaban J connectivity index is 1.75. The number of anilines is 1. The van der Waals surface area contributed by atoms with Gasteiger partial charge in [0.25, 0.3) is 5.69 Å². The van der Waals surface area contributed by atoms with E-state index in [0.717, 1.165) is 16.3 Å². The minimum Gasteiger partial charge on any atom is -0.287 e. The number of ketones is 1. The number of nitrogens with zero attached hydrogens (tertiary/aromatic N) is 2. The Kier molecular flexibility index (Phi) is 3.09. The van der Waals surface area contributed by atoms with Crippen molar-refractivity contribution in [2.75, 3.05) is 5.43 Å². The van der Waals surface area contributed by atoms with E-state index in [1.807, 2.05) is 30.3 Å². The van der Waals surface area contributed by atoms with Crippen molar-refractivity contribution in [2.45, 2.75) is 0 Å². The fourth-order valence-electron chi connectivity index (χ4n) is 2.90. The largest absolute Gasteiger partial charge is 0.287 e. The van der Waals surface area contributed by atoms with E-state index in [2.05, 4.69) is 10.5 Å². The molecule has 0 aliphatic heterocycles. The van der Waals surface area contributed by atoms with Crippen LogP contribution in [0.15, 0.2) is 65.8 Å². The number of hydrogen-bond donors (Lipinski definition) is 1. The lowest BCUT2D eigenvalue weighted by Gasteiger charge is -2.02. The van der Waals surface area contributed by atoms with Crippen molar-refractivity contribution >= 4 is 33.6 Å². The van der Waals surface area contributed by atoms with Gasteiger partial charge in [0.05, 0.1) is 10.6 Å². The number of Topliss-reactive ketones (excluding diaryl/α,β-unsaturated/α-hetero) is 1. The highest BCUT2D eigenvalue weighted by Crippen LogP contribution is 2.31. The molecule has 0 atom stereocenters. The summed E-state index contributed by atoms with van der Waals surface area (Å²) < 4.78 is 0. The molecule has 6 nitrogen and oxygen atoms in total. The van der Waals surface area contributed by atoms with Crippen LogP contribution in [0, 0.1) is 10.1 Å². The zero-order valence-corrected chi connectivity index (χ0v) is 12.4. The Labute approximate surface area is 136 Å². The molecule has 0 unspecified atom stereocenters. The third kappa shape index (κ3) is 2.13. The third-order valence-electron chi connectivity index (χ3n) is 3.97. The smallest absolute Gasteiger partial charge is 0.271 e. The van der Waals surface area contributed by atoms with Gasteiger partial charge in [0.15, 0.2) is 0 Å². The van der Waals surface area contributed by atoms with E-state index >= 15 is 0 Å². The second-order valence-electron chi connectivity index (χ2n) is 5.42. The average Bonchev–Trinajstić information content (AvgIpc) is 2.88. The first-order chi connectivity index (χ1) is 11.6. The molecule has 0 saturated carbocycles. The van der Waals surface area contributed by atoms with Gasteiger partial charge in [-0.1, -0.05) is 42.5 Å². The van der Waals surface area contributed by atoms with Gasteiger partial charge in [0.2, 0.25) is 5.78 Å². The highest BCUT2D eigenvalue weighted by atomic mass is 16.6. The van der Waals surface area contributed by atoms with Crippen molar-refractivity contribution in [3.05, 3.63) is 81.9 Å². The number of carbonyl (C=O) groups is 1. The number of hydrazone groups is 1. The maximum Gasteiger partial charge on any atom is 0.271 e. The highest BCUT2D eigenvalue weighted by Gasteiger charge is 2.28. The molecule has 3 aromatic carbocycles. The number of nitrogens with one attached hydrogen (secondary N) is 1. The first-order valence-corrected chi connectivity index (χ1v) is 7.30. The predicted molar refractivity (Wildman–Crippen MR) is 91.5 cm³/mol. The van der Waals surface area contributed by atoms with Crippen molar-refractivity contribution in [2.24, 2.45) is 5.10 Å². The molecule has 0 heterocycles. The van der Waals surface area contributed by atoms with Gasteiger partial charge in [-0.25, -0.2) is 0 Å². The zero-order valence-electron chi connectivity index (χ0n) is 12.4. The van der Waals surface area contributed by atoms with Gasteiger partial charge in [0, 0.05) is 28.6 Å². The van der Waals surface area contributed by atoms with E-state index in [4.69, 9.17) is 0 Å². The van der Waals surface area contributed by atoms with Crippen LogP contribution in [-0.4, -0.2) is 16.4 Å². The monoisotopic (exact) mass is 317 g/mol. The van der Waals surface area contributed by atoms with E-state index in [1.165, 1.54) is 12.1 Å². The number of nitro groups is 1. The van der Waals surface area contributed by atoms with Crippen molar-refractivity contribution in [1.82, 2.24) is 0 Å². The van der Waals surface area contributed by atoms with E-state index in [0.29, 0.717) is 17.0 Å². The molecule has 24 heavy (non-hydrogen) atoms. The van der Waals surface area contributed by atoms with Crippen LogP contribution in [0.25, 0.3) is 10.8 Å². The first kappa shape index (κ1) is 14.1. The summed E-state index contributed by atoms with van der Waals surface area (Å²) in [5.74, 6) is -0.153. The summed E-state index contributed by atoms with van der Waals surface area (Å²) in [5, 5.41) is 16.9. The van der Waals surface area contributed by atoms with E-state index in [-0.39, 0.29) is 11.5 Å². The fraction of sp³-hybridized carbons (Fsp3) is 0. The number of hydrogen-bond acceptors (Lipinski definition) is 5. The molecule has 0 saturated heterocycles. The fourth-order valence-corrected chi connectivity index (χ4v) is 2.90. The molecule has 3 aromatic rings. The molecule has 1 N–H and O–H groups in total. The Morgan fingerprint density at radius 3 is 2.42 bits per heavy atom.